The normalized spacial score (nSPS) is 41.5. The third kappa shape index (κ3) is 5.63. The van der Waals surface area contributed by atoms with E-state index in [0.29, 0.717) is 31.1 Å². The predicted octanol–water partition coefficient (Wildman–Crippen LogP) is 5.62. The zero-order valence-electron chi connectivity index (χ0n) is 23.9. The summed E-state index contributed by atoms with van der Waals surface area (Å²) < 4.78 is 32.5. The van der Waals surface area contributed by atoms with Gasteiger partial charge < -0.3 is 29.4 Å². The molecule has 4 aliphatic carbocycles. The van der Waals surface area contributed by atoms with Gasteiger partial charge in [0.15, 0.2) is 12.6 Å². The van der Waals surface area contributed by atoms with Crippen molar-refractivity contribution in [3.8, 4) is 0 Å². The van der Waals surface area contributed by atoms with E-state index in [1.54, 1.807) is 0 Å². The van der Waals surface area contributed by atoms with Crippen LogP contribution in [0.5, 0.6) is 0 Å². The van der Waals surface area contributed by atoms with Gasteiger partial charge >= 0.3 is 5.97 Å². The zero-order valence-corrected chi connectivity index (χ0v) is 23.9. The van der Waals surface area contributed by atoms with Crippen LogP contribution in [0.15, 0.2) is 0 Å². The molecule has 6 fully saturated rings. The van der Waals surface area contributed by atoms with Crippen molar-refractivity contribution in [2.45, 2.75) is 153 Å². The molecule has 2 N–H and O–H groups in total. The average molecular weight is 522 g/mol. The SMILES string of the molecule is CC(C)CC(C)(C(=O)OC12CC3CC(OC4CCCCO4)(C1)CC(OC1CCCCO1)(C3)C2)C(C)(C)N. The van der Waals surface area contributed by atoms with Crippen molar-refractivity contribution in [3.63, 3.8) is 0 Å². The fourth-order valence-corrected chi connectivity index (χ4v) is 8.45. The first-order chi connectivity index (χ1) is 17.4. The molecule has 0 amide bonds. The molecule has 0 aromatic rings. The molecule has 7 nitrogen and oxygen atoms in total. The Balaban J connectivity index is 1.44. The van der Waals surface area contributed by atoms with E-state index in [4.69, 9.17) is 29.4 Å². The highest BCUT2D eigenvalue weighted by atomic mass is 16.7. The van der Waals surface area contributed by atoms with Gasteiger partial charge in [-0.3, -0.25) is 4.79 Å². The standard InChI is InChI=1S/C30H51NO6/c1-21(2)14-27(5,26(3,4)31)25(32)37-30-17-22-15-28(19-30,35-23-10-6-8-12-33-23)18-29(16-22,20-30)36-24-11-7-9-13-34-24/h21-24H,6-20,31H2,1-5H3. The molecule has 6 rings (SSSR count). The van der Waals surface area contributed by atoms with Crippen molar-refractivity contribution in [1.82, 2.24) is 0 Å². The minimum Gasteiger partial charge on any atom is -0.458 e. The summed E-state index contributed by atoms with van der Waals surface area (Å²) in [5.41, 5.74) is 3.75. The first-order valence-electron chi connectivity index (χ1n) is 15.0. The van der Waals surface area contributed by atoms with Gasteiger partial charge in [0.25, 0.3) is 0 Å². The number of hydrogen-bond donors (Lipinski definition) is 1. The molecule has 4 saturated carbocycles. The lowest BCUT2D eigenvalue weighted by molar-refractivity contribution is -0.344. The van der Waals surface area contributed by atoms with Crippen LogP contribution in [-0.2, 0) is 28.5 Å². The van der Waals surface area contributed by atoms with E-state index in [1.807, 2.05) is 20.8 Å². The Morgan fingerprint density at radius 1 is 0.865 bits per heavy atom. The maximum absolute atomic E-state index is 14.1. The summed E-state index contributed by atoms with van der Waals surface area (Å²) in [6, 6.07) is 0. The van der Waals surface area contributed by atoms with Gasteiger partial charge in [-0.25, -0.2) is 0 Å². The topological polar surface area (TPSA) is 89.2 Å². The van der Waals surface area contributed by atoms with Gasteiger partial charge in [-0.15, -0.1) is 0 Å². The zero-order chi connectivity index (χ0) is 26.5. The van der Waals surface area contributed by atoms with Crippen LogP contribution < -0.4 is 5.73 Å². The number of carbonyl (C=O) groups excluding carboxylic acids is 1. The summed E-state index contributed by atoms with van der Waals surface area (Å²) >= 11 is 0. The Hall–Kier alpha value is -0.730. The van der Waals surface area contributed by atoms with Gasteiger partial charge in [0.1, 0.15) is 5.60 Å². The third-order valence-electron chi connectivity index (χ3n) is 9.95. The molecule has 5 unspecified atom stereocenters. The quantitative estimate of drug-likeness (QED) is 0.394. The number of nitrogens with two attached hydrogens (primary N) is 1. The van der Waals surface area contributed by atoms with Crippen molar-refractivity contribution in [1.29, 1.82) is 0 Å². The molecule has 0 spiro atoms. The fraction of sp³-hybridized carbons (Fsp3) is 0.967. The Morgan fingerprint density at radius 2 is 1.35 bits per heavy atom. The van der Waals surface area contributed by atoms with Crippen molar-refractivity contribution < 1.29 is 28.5 Å². The largest absolute Gasteiger partial charge is 0.458 e. The average Bonchev–Trinajstić information content (AvgIpc) is 2.77. The summed E-state index contributed by atoms with van der Waals surface area (Å²) in [4.78, 5) is 14.1. The van der Waals surface area contributed by atoms with Crippen LogP contribution in [0.2, 0.25) is 0 Å². The van der Waals surface area contributed by atoms with E-state index in [9.17, 15) is 4.79 Å². The molecule has 0 aromatic heterocycles. The van der Waals surface area contributed by atoms with E-state index in [-0.39, 0.29) is 18.5 Å². The minimum absolute atomic E-state index is 0.177. The van der Waals surface area contributed by atoms with Gasteiger partial charge in [0.2, 0.25) is 0 Å². The molecule has 5 atom stereocenters. The molecule has 212 valence electrons. The summed E-state index contributed by atoms with van der Waals surface area (Å²) in [6.45, 7) is 11.7. The maximum atomic E-state index is 14.1. The van der Waals surface area contributed by atoms with Crippen LogP contribution in [0.1, 0.15) is 118 Å². The molecule has 2 saturated heterocycles. The lowest BCUT2D eigenvalue weighted by Crippen LogP contribution is -2.70. The molecule has 0 aromatic carbocycles. The fourth-order valence-electron chi connectivity index (χ4n) is 8.45. The first-order valence-corrected chi connectivity index (χ1v) is 15.0. The monoisotopic (exact) mass is 521 g/mol. The maximum Gasteiger partial charge on any atom is 0.314 e. The highest BCUT2D eigenvalue weighted by Crippen LogP contribution is 2.64. The van der Waals surface area contributed by atoms with Crippen molar-refractivity contribution in [3.05, 3.63) is 0 Å². The Labute approximate surface area is 223 Å². The Morgan fingerprint density at radius 3 is 1.78 bits per heavy atom. The third-order valence-corrected chi connectivity index (χ3v) is 9.95. The highest BCUT2D eigenvalue weighted by Gasteiger charge is 2.68. The van der Waals surface area contributed by atoms with E-state index in [1.165, 1.54) is 0 Å². The van der Waals surface area contributed by atoms with Crippen molar-refractivity contribution in [2.24, 2.45) is 23.0 Å². The number of hydrogen-bond acceptors (Lipinski definition) is 7. The van der Waals surface area contributed by atoms with E-state index < -0.39 is 27.8 Å². The summed E-state index contributed by atoms with van der Waals surface area (Å²) in [6.07, 6.45) is 11.7. The highest BCUT2D eigenvalue weighted by molar-refractivity contribution is 5.78. The minimum atomic E-state index is -0.786. The van der Waals surface area contributed by atoms with E-state index in [0.717, 1.165) is 77.4 Å². The second-order valence-electron chi connectivity index (χ2n) is 14.4. The van der Waals surface area contributed by atoms with Gasteiger partial charge in [-0.2, -0.15) is 0 Å². The van der Waals surface area contributed by atoms with Gasteiger partial charge in [0.05, 0.1) is 16.6 Å². The number of rotatable bonds is 9. The molecule has 2 aliphatic heterocycles. The van der Waals surface area contributed by atoms with Crippen LogP contribution in [0.3, 0.4) is 0 Å². The van der Waals surface area contributed by atoms with E-state index >= 15 is 0 Å². The Bertz CT molecular complexity index is 790. The molecule has 7 heteroatoms. The van der Waals surface area contributed by atoms with Gasteiger partial charge in [-0.1, -0.05) is 13.8 Å². The van der Waals surface area contributed by atoms with Crippen LogP contribution in [0.25, 0.3) is 0 Å². The lowest BCUT2D eigenvalue weighted by Gasteiger charge is -2.65. The van der Waals surface area contributed by atoms with Crippen LogP contribution in [0, 0.1) is 17.3 Å². The van der Waals surface area contributed by atoms with E-state index in [2.05, 4.69) is 13.8 Å². The predicted molar refractivity (Wildman–Crippen MR) is 141 cm³/mol. The summed E-state index contributed by atoms with van der Waals surface area (Å²) in [5.74, 6) is 0.537. The second kappa shape index (κ2) is 10.0. The molecule has 4 bridgehead atoms. The molecular weight excluding hydrogens is 470 g/mol. The number of ether oxygens (including phenoxy) is 5. The van der Waals surface area contributed by atoms with Gasteiger partial charge in [0, 0.05) is 38.0 Å². The van der Waals surface area contributed by atoms with Crippen LogP contribution in [0.4, 0.5) is 0 Å². The smallest absolute Gasteiger partial charge is 0.314 e. The van der Waals surface area contributed by atoms with Gasteiger partial charge in [-0.05, 0) is 96.8 Å². The molecule has 6 aliphatic rings. The number of carbonyl (C=O) groups is 1. The molecular formula is C30H51NO6. The summed E-state index contributed by atoms with van der Waals surface area (Å²) in [5, 5.41) is 0. The number of esters is 1. The summed E-state index contributed by atoms with van der Waals surface area (Å²) in [7, 11) is 0. The van der Waals surface area contributed by atoms with Crippen molar-refractivity contribution in [2.75, 3.05) is 13.2 Å². The molecule has 37 heavy (non-hydrogen) atoms. The van der Waals surface area contributed by atoms with Crippen LogP contribution >= 0.6 is 0 Å². The van der Waals surface area contributed by atoms with Crippen LogP contribution in [-0.4, -0.2) is 54.1 Å². The Kier molecular flexibility index (Phi) is 7.54. The molecule has 2 heterocycles. The van der Waals surface area contributed by atoms with Crippen molar-refractivity contribution >= 4 is 5.97 Å². The lowest BCUT2D eigenvalue weighted by atomic mass is 9.50. The second-order valence-corrected chi connectivity index (χ2v) is 14.4. The first kappa shape index (κ1) is 27.8. The molecule has 0 radical (unpaired) electrons.